The van der Waals surface area contributed by atoms with Crippen LogP contribution in [-0.4, -0.2) is 26.3 Å². The lowest BCUT2D eigenvalue weighted by atomic mass is 10.1. The van der Waals surface area contributed by atoms with Crippen molar-refractivity contribution in [2.45, 2.75) is 52.0 Å². The van der Waals surface area contributed by atoms with Gasteiger partial charge in [-0.15, -0.1) is 0 Å². The van der Waals surface area contributed by atoms with E-state index in [9.17, 15) is 0 Å². The third-order valence-corrected chi connectivity index (χ3v) is 2.26. The maximum absolute atomic E-state index is 4.98. The van der Waals surface area contributed by atoms with Crippen LogP contribution in [0.4, 0.5) is 0 Å². The second kappa shape index (κ2) is 10.0. The summed E-state index contributed by atoms with van der Waals surface area (Å²) in [5, 5.41) is 3.50. The zero-order valence-corrected chi connectivity index (χ0v) is 9.44. The summed E-state index contributed by atoms with van der Waals surface area (Å²) < 4.78 is 4.98. The van der Waals surface area contributed by atoms with E-state index in [1.807, 2.05) is 0 Å². The highest BCUT2D eigenvalue weighted by Gasteiger charge is 1.99. The highest BCUT2D eigenvalue weighted by molar-refractivity contribution is 4.60. The van der Waals surface area contributed by atoms with Gasteiger partial charge in [0.1, 0.15) is 0 Å². The molecule has 0 spiro atoms. The molecule has 0 rings (SSSR count). The molecular formula is C11H25NO. The molecule has 0 heterocycles. The lowest BCUT2D eigenvalue weighted by molar-refractivity contribution is 0.193. The van der Waals surface area contributed by atoms with Gasteiger partial charge in [-0.05, 0) is 26.3 Å². The molecule has 0 aliphatic rings. The van der Waals surface area contributed by atoms with E-state index in [2.05, 4.69) is 19.2 Å². The van der Waals surface area contributed by atoms with Crippen LogP contribution in [0.5, 0.6) is 0 Å². The van der Waals surface area contributed by atoms with E-state index in [-0.39, 0.29) is 0 Å². The summed E-state index contributed by atoms with van der Waals surface area (Å²) in [6.07, 6.45) is 6.46. The summed E-state index contributed by atoms with van der Waals surface area (Å²) >= 11 is 0. The first-order valence-corrected chi connectivity index (χ1v) is 5.53. The second-order valence-corrected chi connectivity index (χ2v) is 3.70. The van der Waals surface area contributed by atoms with Crippen LogP contribution >= 0.6 is 0 Å². The number of hydrogen-bond acceptors (Lipinski definition) is 2. The summed E-state index contributed by atoms with van der Waals surface area (Å²) in [5.74, 6) is 0. The molecule has 1 unspecified atom stereocenters. The Morgan fingerprint density at radius 2 is 2.00 bits per heavy atom. The van der Waals surface area contributed by atoms with Crippen molar-refractivity contribution in [3.63, 3.8) is 0 Å². The molecule has 2 nitrogen and oxygen atoms in total. The molecule has 0 aliphatic heterocycles. The summed E-state index contributed by atoms with van der Waals surface area (Å²) in [5.41, 5.74) is 0. The van der Waals surface area contributed by atoms with Crippen LogP contribution in [0, 0.1) is 0 Å². The van der Waals surface area contributed by atoms with Gasteiger partial charge in [-0.3, -0.25) is 0 Å². The molecule has 0 fully saturated rings. The SMILES string of the molecule is CCCCCC(C)NCCCOC. The molecule has 13 heavy (non-hydrogen) atoms. The first kappa shape index (κ1) is 12.9. The van der Waals surface area contributed by atoms with Gasteiger partial charge in [0.05, 0.1) is 0 Å². The van der Waals surface area contributed by atoms with Crippen molar-refractivity contribution in [3.8, 4) is 0 Å². The summed E-state index contributed by atoms with van der Waals surface area (Å²) in [6, 6.07) is 0.670. The highest BCUT2D eigenvalue weighted by Crippen LogP contribution is 2.02. The fourth-order valence-corrected chi connectivity index (χ4v) is 1.37. The van der Waals surface area contributed by atoms with Crippen molar-refractivity contribution in [1.82, 2.24) is 5.32 Å². The highest BCUT2D eigenvalue weighted by atomic mass is 16.5. The molecular weight excluding hydrogens is 162 g/mol. The zero-order chi connectivity index (χ0) is 9.94. The van der Waals surface area contributed by atoms with Crippen molar-refractivity contribution in [2.75, 3.05) is 20.3 Å². The van der Waals surface area contributed by atoms with E-state index in [4.69, 9.17) is 4.74 Å². The molecule has 0 aliphatic carbocycles. The van der Waals surface area contributed by atoms with Crippen molar-refractivity contribution in [3.05, 3.63) is 0 Å². The first-order chi connectivity index (χ1) is 6.31. The van der Waals surface area contributed by atoms with E-state index in [0.717, 1.165) is 19.6 Å². The molecule has 0 radical (unpaired) electrons. The molecule has 0 aromatic heterocycles. The minimum Gasteiger partial charge on any atom is -0.385 e. The minimum atomic E-state index is 0.670. The Morgan fingerprint density at radius 1 is 1.23 bits per heavy atom. The monoisotopic (exact) mass is 187 g/mol. The molecule has 0 bridgehead atoms. The van der Waals surface area contributed by atoms with Crippen LogP contribution in [-0.2, 0) is 4.74 Å². The van der Waals surface area contributed by atoms with E-state index >= 15 is 0 Å². The van der Waals surface area contributed by atoms with E-state index in [1.54, 1.807) is 7.11 Å². The van der Waals surface area contributed by atoms with Crippen LogP contribution in [0.2, 0.25) is 0 Å². The minimum absolute atomic E-state index is 0.670. The summed E-state index contributed by atoms with van der Waals surface area (Å²) in [6.45, 7) is 6.47. The quantitative estimate of drug-likeness (QED) is 0.560. The lowest BCUT2D eigenvalue weighted by Gasteiger charge is -2.12. The van der Waals surface area contributed by atoms with Crippen molar-refractivity contribution in [2.24, 2.45) is 0 Å². The predicted octanol–water partition coefficient (Wildman–Crippen LogP) is 2.58. The van der Waals surface area contributed by atoms with E-state index < -0.39 is 0 Å². The smallest absolute Gasteiger partial charge is 0.0474 e. The fourth-order valence-electron chi connectivity index (χ4n) is 1.37. The molecule has 1 N–H and O–H groups in total. The first-order valence-electron chi connectivity index (χ1n) is 5.53. The molecule has 1 atom stereocenters. The van der Waals surface area contributed by atoms with Gasteiger partial charge in [-0.25, -0.2) is 0 Å². The molecule has 0 amide bonds. The van der Waals surface area contributed by atoms with E-state index in [1.165, 1.54) is 25.7 Å². The average molecular weight is 187 g/mol. The van der Waals surface area contributed by atoms with Crippen LogP contribution in [0.3, 0.4) is 0 Å². The van der Waals surface area contributed by atoms with E-state index in [0.29, 0.717) is 6.04 Å². The number of rotatable bonds is 9. The van der Waals surface area contributed by atoms with Crippen LogP contribution in [0.1, 0.15) is 46.0 Å². The number of hydrogen-bond donors (Lipinski definition) is 1. The average Bonchev–Trinajstić information content (AvgIpc) is 2.13. The maximum atomic E-state index is 4.98. The number of ether oxygens (including phenoxy) is 1. The topological polar surface area (TPSA) is 21.3 Å². The Hall–Kier alpha value is -0.0800. The molecule has 2 heteroatoms. The van der Waals surface area contributed by atoms with Gasteiger partial charge in [0.25, 0.3) is 0 Å². The van der Waals surface area contributed by atoms with Crippen molar-refractivity contribution in [1.29, 1.82) is 0 Å². The summed E-state index contributed by atoms with van der Waals surface area (Å²) in [7, 11) is 1.75. The predicted molar refractivity (Wildman–Crippen MR) is 58.1 cm³/mol. The van der Waals surface area contributed by atoms with Gasteiger partial charge in [-0.2, -0.15) is 0 Å². The number of nitrogens with one attached hydrogen (secondary N) is 1. The fraction of sp³-hybridized carbons (Fsp3) is 1.00. The molecule has 0 saturated heterocycles. The van der Waals surface area contributed by atoms with Crippen molar-refractivity contribution >= 4 is 0 Å². The lowest BCUT2D eigenvalue weighted by Crippen LogP contribution is -2.27. The zero-order valence-electron chi connectivity index (χ0n) is 9.44. The Morgan fingerprint density at radius 3 is 2.62 bits per heavy atom. The molecule has 80 valence electrons. The second-order valence-electron chi connectivity index (χ2n) is 3.70. The number of unbranched alkanes of at least 4 members (excludes halogenated alkanes) is 2. The largest absolute Gasteiger partial charge is 0.385 e. The van der Waals surface area contributed by atoms with Crippen molar-refractivity contribution < 1.29 is 4.74 Å². The maximum Gasteiger partial charge on any atom is 0.0474 e. The van der Waals surface area contributed by atoms with Crippen LogP contribution in [0.25, 0.3) is 0 Å². The van der Waals surface area contributed by atoms with Gasteiger partial charge in [0, 0.05) is 19.8 Å². The van der Waals surface area contributed by atoms with Gasteiger partial charge in [0.15, 0.2) is 0 Å². The Bertz CT molecular complexity index is 96.1. The Kier molecular flexibility index (Phi) is 9.94. The molecule has 0 saturated carbocycles. The van der Waals surface area contributed by atoms with Gasteiger partial charge in [-0.1, -0.05) is 26.2 Å². The standard InChI is InChI=1S/C11H25NO/c1-4-5-6-8-11(2)12-9-7-10-13-3/h11-12H,4-10H2,1-3H3. The third-order valence-electron chi connectivity index (χ3n) is 2.26. The summed E-state index contributed by atoms with van der Waals surface area (Å²) in [4.78, 5) is 0. The van der Waals surface area contributed by atoms with Gasteiger partial charge in [0.2, 0.25) is 0 Å². The Balaban J connectivity index is 3.05. The normalized spacial score (nSPS) is 13.2. The number of methoxy groups -OCH3 is 1. The van der Waals surface area contributed by atoms with Crippen LogP contribution in [0.15, 0.2) is 0 Å². The third kappa shape index (κ3) is 9.84. The Labute approximate surface area is 83.1 Å². The van der Waals surface area contributed by atoms with Crippen LogP contribution < -0.4 is 5.32 Å². The van der Waals surface area contributed by atoms with Gasteiger partial charge >= 0.3 is 0 Å². The molecule has 0 aromatic rings. The molecule has 0 aromatic carbocycles. The van der Waals surface area contributed by atoms with Gasteiger partial charge < -0.3 is 10.1 Å².